The molecule has 0 bridgehead atoms. The Morgan fingerprint density at radius 2 is 2.30 bits per heavy atom. The summed E-state index contributed by atoms with van der Waals surface area (Å²) in [6.07, 6.45) is 3.88. The van der Waals surface area contributed by atoms with Crippen LogP contribution in [-0.4, -0.2) is 29.2 Å². The average Bonchev–Trinajstić information content (AvgIpc) is 3.25. The van der Waals surface area contributed by atoms with Gasteiger partial charge in [-0.05, 0) is 51.8 Å². The van der Waals surface area contributed by atoms with Crippen molar-refractivity contribution in [3.05, 3.63) is 47.2 Å². The number of nitrogens with one attached hydrogen (secondary N) is 1. The molecule has 1 aliphatic heterocycles. The van der Waals surface area contributed by atoms with Gasteiger partial charge in [-0.3, -0.25) is 4.79 Å². The molecule has 3 rings (SSSR count). The molecule has 1 aliphatic rings. The number of furan rings is 1. The first-order chi connectivity index (χ1) is 11.1. The Bertz CT molecular complexity index is 667. The molecular weight excluding hydrogens is 292 g/mol. The topological polar surface area (TPSA) is 56.4 Å². The van der Waals surface area contributed by atoms with Crippen LogP contribution in [0.2, 0.25) is 0 Å². The molecule has 5 nitrogen and oxygen atoms in total. The number of carbonyl (C=O) groups excluding carboxylic acids is 1. The molecule has 23 heavy (non-hydrogen) atoms. The van der Waals surface area contributed by atoms with E-state index in [1.54, 1.807) is 6.26 Å². The molecule has 1 saturated heterocycles. The van der Waals surface area contributed by atoms with Crippen LogP contribution < -0.4 is 5.32 Å². The molecule has 3 heterocycles. The first kappa shape index (κ1) is 15.9. The van der Waals surface area contributed by atoms with Crippen LogP contribution in [0.4, 0.5) is 0 Å². The van der Waals surface area contributed by atoms with Crippen molar-refractivity contribution in [3.63, 3.8) is 0 Å². The summed E-state index contributed by atoms with van der Waals surface area (Å²) in [4.78, 5) is 12.6. The van der Waals surface area contributed by atoms with Crippen LogP contribution in [0.5, 0.6) is 0 Å². The minimum atomic E-state index is -0.0354. The van der Waals surface area contributed by atoms with Crippen molar-refractivity contribution in [1.82, 2.24) is 9.88 Å². The highest BCUT2D eigenvalue weighted by Gasteiger charge is 2.25. The fourth-order valence-electron chi connectivity index (χ4n) is 3.21. The molecule has 0 aliphatic carbocycles. The molecular formula is C18H24N2O3. The minimum absolute atomic E-state index is 0.0260. The zero-order valence-corrected chi connectivity index (χ0v) is 14.0. The van der Waals surface area contributed by atoms with Gasteiger partial charge in [0.25, 0.3) is 5.91 Å². The summed E-state index contributed by atoms with van der Waals surface area (Å²) in [6.45, 7) is 7.43. The number of aromatic nitrogens is 1. The summed E-state index contributed by atoms with van der Waals surface area (Å²) in [5.41, 5.74) is 2.73. The number of ether oxygens (including phenoxy) is 1. The van der Waals surface area contributed by atoms with Crippen molar-refractivity contribution in [2.45, 2.75) is 52.3 Å². The number of aryl methyl sites for hydroxylation is 1. The monoisotopic (exact) mass is 316 g/mol. The van der Waals surface area contributed by atoms with Crippen molar-refractivity contribution in [1.29, 1.82) is 0 Å². The fraction of sp³-hybridized carbons (Fsp3) is 0.500. The van der Waals surface area contributed by atoms with Gasteiger partial charge in [-0.15, -0.1) is 0 Å². The molecule has 0 saturated carbocycles. The molecule has 0 aromatic carbocycles. The van der Waals surface area contributed by atoms with Crippen LogP contribution >= 0.6 is 0 Å². The Morgan fingerprint density at radius 1 is 1.48 bits per heavy atom. The van der Waals surface area contributed by atoms with Gasteiger partial charge in [0.15, 0.2) is 0 Å². The van der Waals surface area contributed by atoms with E-state index < -0.39 is 0 Å². The van der Waals surface area contributed by atoms with E-state index in [9.17, 15) is 4.79 Å². The fourth-order valence-corrected chi connectivity index (χ4v) is 3.21. The van der Waals surface area contributed by atoms with Crippen LogP contribution in [0.15, 0.2) is 28.9 Å². The SMILES string of the molecule is Cc1cc(C(=O)N[C@H](C)[C@@H]2CCCO2)c(C)n1Cc1ccco1. The van der Waals surface area contributed by atoms with E-state index in [-0.39, 0.29) is 18.1 Å². The molecule has 0 unspecified atom stereocenters. The zero-order chi connectivity index (χ0) is 16.4. The molecule has 1 fully saturated rings. The summed E-state index contributed by atoms with van der Waals surface area (Å²) in [5, 5.41) is 3.08. The van der Waals surface area contributed by atoms with Crippen LogP contribution in [0, 0.1) is 13.8 Å². The van der Waals surface area contributed by atoms with Crippen molar-refractivity contribution in [2.24, 2.45) is 0 Å². The van der Waals surface area contributed by atoms with Gasteiger partial charge in [0.1, 0.15) is 5.76 Å². The summed E-state index contributed by atoms with van der Waals surface area (Å²) in [6, 6.07) is 5.78. The van der Waals surface area contributed by atoms with Gasteiger partial charge >= 0.3 is 0 Å². The number of hydrogen-bond donors (Lipinski definition) is 1. The maximum absolute atomic E-state index is 12.6. The Balaban J connectivity index is 1.73. The van der Waals surface area contributed by atoms with Crippen molar-refractivity contribution >= 4 is 5.91 Å². The first-order valence-corrected chi connectivity index (χ1v) is 8.18. The van der Waals surface area contributed by atoms with Crippen LogP contribution in [0.25, 0.3) is 0 Å². The second kappa shape index (κ2) is 6.62. The van der Waals surface area contributed by atoms with Gasteiger partial charge in [-0.25, -0.2) is 0 Å². The lowest BCUT2D eigenvalue weighted by atomic mass is 10.1. The number of amides is 1. The molecule has 2 aromatic rings. The lowest BCUT2D eigenvalue weighted by molar-refractivity contribution is 0.0712. The molecule has 0 radical (unpaired) electrons. The Kier molecular flexibility index (Phi) is 4.57. The standard InChI is InChI=1S/C18H24N2O3/c1-12-10-16(14(3)20(12)11-15-6-4-8-22-15)18(21)19-13(2)17-7-5-9-23-17/h4,6,8,10,13,17H,5,7,9,11H2,1-3H3,(H,19,21)/t13-,17+/m1/s1. The van der Waals surface area contributed by atoms with E-state index in [2.05, 4.69) is 9.88 Å². The van der Waals surface area contributed by atoms with Gasteiger partial charge in [-0.1, -0.05) is 0 Å². The maximum atomic E-state index is 12.6. The van der Waals surface area contributed by atoms with Gasteiger partial charge in [0.05, 0.1) is 30.5 Å². The summed E-state index contributed by atoms with van der Waals surface area (Å²) in [5.74, 6) is 0.846. The normalized spacial score (nSPS) is 19.0. The van der Waals surface area contributed by atoms with Crippen molar-refractivity contribution in [3.8, 4) is 0 Å². The van der Waals surface area contributed by atoms with Crippen LogP contribution in [0.3, 0.4) is 0 Å². The molecule has 124 valence electrons. The second-order valence-electron chi connectivity index (χ2n) is 6.26. The van der Waals surface area contributed by atoms with Crippen molar-refractivity contribution < 1.29 is 13.9 Å². The van der Waals surface area contributed by atoms with E-state index in [4.69, 9.17) is 9.15 Å². The third-order valence-electron chi connectivity index (χ3n) is 4.59. The van der Waals surface area contributed by atoms with Gasteiger partial charge < -0.3 is 19.0 Å². The predicted octanol–water partition coefficient (Wildman–Crippen LogP) is 3.04. The maximum Gasteiger partial charge on any atom is 0.253 e. The van der Waals surface area contributed by atoms with Gasteiger partial charge in [0.2, 0.25) is 0 Å². The quantitative estimate of drug-likeness (QED) is 0.922. The Morgan fingerprint density at radius 3 is 2.96 bits per heavy atom. The Labute approximate surface area is 136 Å². The van der Waals surface area contributed by atoms with Gasteiger partial charge in [0, 0.05) is 18.0 Å². The van der Waals surface area contributed by atoms with E-state index >= 15 is 0 Å². The van der Waals surface area contributed by atoms with Crippen LogP contribution in [0.1, 0.15) is 47.3 Å². The van der Waals surface area contributed by atoms with E-state index in [0.29, 0.717) is 6.54 Å². The summed E-state index contributed by atoms with van der Waals surface area (Å²) >= 11 is 0. The van der Waals surface area contributed by atoms with E-state index in [1.165, 1.54) is 0 Å². The molecule has 1 amide bonds. The highest BCUT2D eigenvalue weighted by molar-refractivity contribution is 5.95. The average molecular weight is 316 g/mol. The molecule has 1 N–H and O–H groups in total. The number of carbonyl (C=O) groups is 1. The second-order valence-corrected chi connectivity index (χ2v) is 6.26. The molecule has 0 spiro atoms. The molecule has 2 aromatic heterocycles. The lowest BCUT2D eigenvalue weighted by Gasteiger charge is -2.20. The number of nitrogens with zero attached hydrogens (tertiary/aromatic N) is 1. The first-order valence-electron chi connectivity index (χ1n) is 8.18. The van der Waals surface area contributed by atoms with Crippen molar-refractivity contribution in [2.75, 3.05) is 6.61 Å². The lowest BCUT2D eigenvalue weighted by Crippen LogP contribution is -2.41. The largest absolute Gasteiger partial charge is 0.467 e. The number of hydrogen-bond acceptors (Lipinski definition) is 3. The third kappa shape index (κ3) is 3.34. The van der Waals surface area contributed by atoms with Gasteiger partial charge in [-0.2, -0.15) is 0 Å². The smallest absolute Gasteiger partial charge is 0.253 e. The zero-order valence-electron chi connectivity index (χ0n) is 14.0. The molecule has 2 atom stereocenters. The predicted molar refractivity (Wildman–Crippen MR) is 87.6 cm³/mol. The summed E-state index contributed by atoms with van der Waals surface area (Å²) in [7, 11) is 0. The van der Waals surface area contributed by atoms with E-state index in [1.807, 2.05) is 39.0 Å². The highest BCUT2D eigenvalue weighted by atomic mass is 16.5. The summed E-state index contributed by atoms with van der Waals surface area (Å²) < 4.78 is 13.2. The minimum Gasteiger partial charge on any atom is -0.467 e. The number of rotatable bonds is 5. The Hall–Kier alpha value is -2.01. The van der Waals surface area contributed by atoms with Crippen LogP contribution in [-0.2, 0) is 11.3 Å². The van der Waals surface area contributed by atoms with E-state index in [0.717, 1.165) is 42.2 Å². The third-order valence-corrected chi connectivity index (χ3v) is 4.59. The molecule has 5 heteroatoms. The highest BCUT2D eigenvalue weighted by Crippen LogP contribution is 2.19.